The number of aromatic amines is 1. The number of rotatable bonds is 10. The number of hydrogen-bond donors (Lipinski definition) is 2. The van der Waals surface area contributed by atoms with E-state index in [1.165, 1.54) is 16.8 Å². The molecule has 1 saturated heterocycles. The molecule has 0 unspecified atom stereocenters. The molecule has 0 saturated carbocycles. The average molecular weight is 645 g/mol. The van der Waals surface area contributed by atoms with Gasteiger partial charge in [-0.3, -0.25) is 14.3 Å². The molecular weight excluding hydrogens is 600 g/mol. The van der Waals surface area contributed by atoms with Crippen molar-refractivity contribution in [3.05, 3.63) is 129 Å². The fourth-order valence-electron chi connectivity index (χ4n) is 6.27. The maximum absolute atomic E-state index is 13.9. The number of benzene rings is 3. The predicted molar refractivity (Wildman–Crippen MR) is 180 cm³/mol. The molecule has 5 rings (SSSR count). The van der Waals surface area contributed by atoms with Crippen molar-refractivity contribution in [3.8, 4) is 11.5 Å². The fourth-order valence-corrected chi connectivity index (χ4v) is 7.28. The second kappa shape index (κ2) is 12.7. The molecule has 0 radical (unpaired) electrons. The Labute approximate surface area is 270 Å². The lowest BCUT2D eigenvalue weighted by Crippen LogP contribution is -2.59. The van der Waals surface area contributed by atoms with E-state index in [9.17, 15) is 14.7 Å². The number of H-pyrrole nitrogens is 1. The van der Waals surface area contributed by atoms with Crippen molar-refractivity contribution in [2.24, 2.45) is 0 Å². The molecule has 244 valence electrons. The Bertz CT molecular complexity index is 1700. The fraction of sp³-hybridized carbons (Fsp3) is 0.389. The minimum absolute atomic E-state index is 0.0113. The van der Waals surface area contributed by atoms with Gasteiger partial charge in [0.15, 0.2) is 14.0 Å². The second-order valence-electron chi connectivity index (χ2n) is 13.3. The van der Waals surface area contributed by atoms with Crippen molar-refractivity contribution >= 4 is 8.32 Å². The Morgan fingerprint density at radius 1 is 0.870 bits per heavy atom. The summed E-state index contributed by atoms with van der Waals surface area (Å²) in [5.74, 6) is 1.31. The maximum atomic E-state index is 13.9. The molecule has 2 heterocycles. The van der Waals surface area contributed by atoms with Crippen molar-refractivity contribution in [1.82, 2.24) is 9.55 Å². The molecule has 3 aromatic carbocycles. The van der Waals surface area contributed by atoms with Gasteiger partial charge in [-0.15, -0.1) is 0 Å². The number of methoxy groups -OCH3 is 2. The van der Waals surface area contributed by atoms with Crippen LogP contribution in [-0.4, -0.2) is 56.0 Å². The third-order valence-electron chi connectivity index (χ3n) is 9.73. The van der Waals surface area contributed by atoms with Crippen LogP contribution in [0.2, 0.25) is 18.1 Å². The van der Waals surface area contributed by atoms with Crippen molar-refractivity contribution in [2.45, 2.75) is 68.7 Å². The van der Waals surface area contributed by atoms with Crippen LogP contribution in [0.25, 0.3) is 0 Å². The molecule has 0 spiro atoms. The first-order chi connectivity index (χ1) is 21.8. The first-order valence-electron chi connectivity index (χ1n) is 15.5. The molecule has 1 aliphatic rings. The summed E-state index contributed by atoms with van der Waals surface area (Å²) in [6.45, 7) is 10.9. The molecule has 0 amide bonds. The highest BCUT2D eigenvalue weighted by Gasteiger charge is 2.63. The standard InChI is InChI=1S/C36H44N2O7Si/c1-34(2,3)46(6,7)44-24-31-30(39)23-35(45-31,38-22-21-32(40)37-33(38)41)36(25-11-9-8-10-12-25,26-13-17-28(42-4)18-14-26)27-15-19-29(43-5)20-16-27/h8-22,30-31,39H,23-24H2,1-7H3,(H,37,40,41)/t30-,31+,35-/m0/s1. The van der Waals surface area contributed by atoms with E-state index in [1.54, 1.807) is 14.2 Å². The van der Waals surface area contributed by atoms with E-state index in [0.717, 1.165) is 16.7 Å². The first kappa shape index (κ1) is 33.4. The van der Waals surface area contributed by atoms with Gasteiger partial charge in [0.2, 0.25) is 0 Å². The van der Waals surface area contributed by atoms with Gasteiger partial charge in [0.25, 0.3) is 5.56 Å². The molecule has 1 aliphatic heterocycles. The van der Waals surface area contributed by atoms with Crippen LogP contribution in [0.5, 0.6) is 11.5 Å². The summed E-state index contributed by atoms with van der Waals surface area (Å²) in [6.07, 6.45) is -0.330. The van der Waals surface area contributed by atoms with Crippen LogP contribution in [0.1, 0.15) is 43.9 Å². The molecule has 10 heteroatoms. The number of aliphatic hydroxyl groups is 1. The van der Waals surface area contributed by atoms with Crippen LogP contribution >= 0.6 is 0 Å². The number of nitrogens with zero attached hydrogens (tertiary/aromatic N) is 1. The number of nitrogens with one attached hydrogen (secondary N) is 1. The Balaban J connectivity index is 1.86. The average Bonchev–Trinajstić information content (AvgIpc) is 3.37. The van der Waals surface area contributed by atoms with Crippen molar-refractivity contribution < 1.29 is 23.7 Å². The Morgan fingerprint density at radius 2 is 1.39 bits per heavy atom. The van der Waals surface area contributed by atoms with Crippen molar-refractivity contribution in [1.29, 1.82) is 0 Å². The third-order valence-corrected chi connectivity index (χ3v) is 14.2. The Hall–Kier alpha value is -3.96. The Morgan fingerprint density at radius 3 is 1.87 bits per heavy atom. The lowest BCUT2D eigenvalue weighted by atomic mass is 9.61. The van der Waals surface area contributed by atoms with E-state index in [4.69, 9.17) is 18.6 Å². The van der Waals surface area contributed by atoms with Gasteiger partial charge in [0.1, 0.15) is 17.6 Å². The molecule has 46 heavy (non-hydrogen) atoms. The number of aliphatic hydroxyl groups excluding tert-OH is 1. The molecule has 9 nitrogen and oxygen atoms in total. The lowest BCUT2D eigenvalue weighted by Gasteiger charge is -2.50. The summed E-state index contributed by atoms with van der Waals surface area (Å²) in [5.41, 5.74) is -1.66. The number of aromatic nitrogens is 2. The summed E-state index contributed by atoms with van der Waals surface area (Å²) in [4.78, 5) is 28.7. The van der Waals surface area contributed by atoms with Crippen LogP contribution in [0.3, 0.4) is 0 Å². The predicted octanol–water partition coefficient (Wildman–Crippen LogP) is 5.41. The molecule has 1 aromatic heterocycles. The highest BCUT2D eigenvalue weighted by molar-refractivity contribution is 6.74. The van der Waals surface area contributed by atoms with Gasteiger partial charge in [-0.1, -0.05) is 75.4 Å². The minimum Gasteiger partial charge on any atom is -0.497 e. The smallest absolute Gasteiger partial charge is 0.330 e. The van der Waals surface area contributed by atoms with Crippen LogP contribution in [0.15, 0.2) is 101 Å². The van der Waals surface area contributed by atoms with E-state index >= 15 is 0 Å². The molecule has 2 N–H and O–H groups in total. The van der Waals surface area contributed by atoms with Crippen molar-refractivity contribution in [3.63, 3.8) is 0 Å². The Kier molecular flexibility index (Phi) is 9.20. The highest BCUT2D eigenvalue weighted by Crippen LogP contribution is 2.57. The van der Waals surface area contributed by atoms with Crippen LogP contribution in [0, 0.1) is 0 Å². The monoisotopic (exact) mass is 644 g/mol. The van der Waals surface area contributed by atoms with E-state index in [2.05, 4.69) is 38.8 Å². The van der Waals surface area contributed by atoms with Gasteiger partial charge in [-0.05, 0) is 59.1 Å². The third kappa shape index (κ3) is 5.75. The van der Waals surface area contributed by atoms with Crippen LogP contribution in [0.4, 0.5) is 0 Å². The zero-order chi connectivity index (χ0) is 33.3. The molecule has 0 aliphatic carbocycles. The molecule has 4 aromatic rings. The van der Waals surface area contributed by atoms with Gasteiger partial charge in [0.05, 0.1) is 32.3 Å². The quantitative estimate of drug-likeness (QED) is 0.175. The van der Waals surface area contributed by atoms with Gasteiger partial charge >= 0.3 is 5.69 Å². The first-order valence-corrected chi connectivity index (χ1v) is 18.4. The van der Waals surface area contributed by atoms with E-state index in [-0.39, 0.29) is 18.1 Å². The highest BCUT2D eigenvalue weighted by atomic mass is 28.4. The lowest BCUT2D eigenvalue weighted by molar-refractivity contribution is -0.146. The number of ether oxygens (including phenoxy) is 3. The van der Waals surface area contributed by atoms with Crippen LogP contribution < -0.4 is 20.7 Å². The summed E-state index contributed by atoms with van der Waals surface area (Å²) in [5, 5.41) is 11.8. The maximum Gasteiger partial charge on any atom is 0.330 e. The molecule has 3 atom stereocenters. The normalized spacial score (nSPS) is 20.4. The minimum atomic E-state index is -2.24. The second-order valence-corrected chi connectivity index (χ2v) is 18.1. The SMILES string of the molecule is COc1ccc(C(c2ccccc2)(c2ccc(OC)cc2)[C@]2(n3ccc(=O)[nH]c3=O)C[C@H](O)[C@@H](CO[Si](C)(C)C(C)(C)C)O2)cc1. The van der Waals surface area contributed by atoms with Crippen LogP contribution in [-0.2, 0) is 20.3 Å². The van der Waals surface area contributed by atoms with E-state index in [0.29, 0.717) is 11.5 Å². The number of hydrogen-bond acceptors (Lipinski definition) is 7. The molecular formula is C36H44N2O7Si. The summed E-state index contributed by atoms with van der Waals surface area (Å²) in [6, 6.07) is 26.3. The van der Waals surface area contributed by atoms with Crippen molar-refractivity contribution in [2.75, 3.05) is 20.8 Å². The summed E-state index contributed by atoms with van der Waals surface area (Å²) in [7, 11) is 0.970. The van der Waals surface area contributed by atoms with E-state index in [1.807, 2.05) is 78.9 Å². The van der Waals surface area contributed by atoms with E-state index < -0.39 is 42.9 Å². The molecule has 0 bridgehead atoms. The van der Waals surface area contributed by atoms with Gasteiger partial charge in [-0.2, -0.15) is 0 Å². The largest absolute Gasteiger partial charge is 0.497 e. The zero-order valence-corrected chi connectivity index (χ0v) is 28.6. The summed E-state index contributed by atoms with van der Waals surface area (Å²) < 4.78 is 26.2. The zero-order valence-electron chi connectivity index (χ0n) is 27.6. The van der Waals surface area contributed by atoms with Gasteiger partial charge < -0.3 is 23.7 Å². The summed E-state index contributed by atoms with van der Waals surface area (Å²) >= 11 is 0. The van der Waals surface area contributed by atoms with Gasteiger partial charge in [0, 0.05) is 18.7 Å². The van der Waals surface area contributed by atoms with Gasteiger partial charge in [-0.25, -0.2) is 4.79 Å². The topological polar surface area (TPSA) is 112 Å². The molecule has 1 fully saturated rings.